The van der Waals surface area contributed by atoms with Crippen molar-refractivity contribution < 1.29 is 22.7 Å². The highest BCUT2D eigenvalue weighted by molar-refractivity contribution is 5.99. The van der Waals surface area contributed by atoms with E-state index in [1.165, 1.54) is 13.3 Å². The Labute approximate surface area is 161 Å². The summed E-state index contributed by atoms with van der Waals surface area (Å²) in [5.74, 6) is 0.175. The molecule has 28 heavy (non-hydrogen) atoms. The summed E-state index contributed by atoms with van der Waals surface area (Å²) >= 11 is 0. The van der Waals surface area contributed by atoms with E-state index in [1.54, 1.807) is 24.3 Å². The van der Waals surface area contributed by atoms with Crippen molar-refractivity contribution in [3.63, 3.8) is 0 Å². The number of hydrogen-bond acceptors (Lipinski definition) is 4. The number of carbonyl (C=O) groups is 1. The molecule has 0 spiro atoms. The summed E-state index contributed by atoms with van der Waals surface area (Å²) in [5.41, 5.74) is 0.747. The SMILES string of the molecule is CC[C@H](C)NC(=O)c1cnn2c1N[C@@H](c1cccc(OC)c1)C[C@@H]2C(F)(F)F. The summed E-state index contributed by atoms with van der Waals surface area (Å²) in [6.45, 7) is 3.74. The van der Waals surface area contributed by atoms with Crippen molar-refractivity contribution in [2.75, 3.05) is 12.4 Å². The van der Waals surface area contributed by atoms with Gasteiger partial charge in [0.25, 0.3) is 5.91 Å². The predicted octanol–water partition coefficient (Wildman–Crippen LogP) is 4.08. The number of benzene rings is 1. The van der Waals surface area contributed by atoms with E-state index in [-0.39, 0.29) is 23.8 Å². The number of aromatic nitrogens is 2. The van der Waals surface area contributed by atoms with Gasteiger partial charge in [-0.05, 0) is 31.0 Å². The maximum Gasteiger partial charge on any atom is 0.410 e. The first-order valence-corrected chi connectivity index (χ1v) is 9.10. The Kier molecular flexibility index (Phi) is 5.53. The van der Waals surface area contributed by atoms with Gasteiger partial charge in [0.2, 0.25) is 0 Å². The molecule has 0 saturated heterocycles. The van der Waals surface area contributed by atoms with Crippen LogP contribution in [-0.2, 0) is 0 Å². The van der Waals surface area contributed by atoms with Crippen LogP contribution in [0.25, 0.3) is 0 Å². The molecule has 1 aliphatic rings. The largest absolute Gasteiger partial charge is 0.497 e. The molecule has 152 valence electrons. The molecule has 1 amide bonds. The lowest BCUT2D eigenvalue weighted by molar-refractivity contribution is -0.173. The summed E-state index contributed by atoms with van der Waals surface area (Å²) in [6, 6.07) is 4.31. The molecule has 3 rings (SSSR count). The lowest BCUT2D eigenvalue weighted by Crippen LogP contribution is -2.37. The average molecular weight is 396 g/mol. The van der Waals surface area contributed by atoms with Crippen molar-refractivity contribution in [2.45, 2.75) is 51.0 Å². The van der Waals surface area contributed by atoms with Crippen molar-refractivity contribution >= 4 is 11.7 Å². The molecule has 0 aliphatic carbocycles. The lowest BCUT2D eigenvalue weighted by Gasteiger charge is -2.34. The molecule has 2 aromatic rings. The van der Waals surface area contributed by atoms with Crippen LogP contribution in [0.5, 0.6) is 5.75 Å². The normalized spacial score (nSPS) is 20.1. The van der Waals surface area contributed by atoms with Crippen LogP contribution in [-0.4, -0.2) is 35.0 Å². The second-order valence-electron chi connectivity index (χ2n) is 6.90. The number of carbonyl (C=O) groups excluding carboxylic acids is 1. The van der Waals surface area contributed by atoms with E-state index in [9.17, 15) is 18.0 Å². The zero-order valence-electron chi connectivity index (χ0n) is 15.9. The van der Waals surface area contributed by atoms with Crippen LogP contribution < -0.4 is 15.4 Å². The van der Waals surface area contributed by atoms with Gasteiger partial charge < -0.3 is 15.4 Å². The fraction of sp³-hybridized carbons (Fsp3) is 0.474. The third-order valence-corrected chi connectivity index (χ3v) is 4.97. The van der Waals surface area contributed by atoms with E-state index in [1.807, 2.05) is 13.8 Å². The van der Waals surface area contributed by atoms with Crippen LogP contribution in [0.2, 0.25) is 0 Å². The number of anilines is 1. The predicted molar refractivity (Wildman–Crippen MR) is 98.5 cm³/mol. The van der Waals surface area contributed by atoms with Crippen LogP contribution >= 0.6 is 0 Å². The number of hydrogen-bond donors (Lipinski definition) is 2. The lowest BCUT2D eigenvalue weighted by atomic mass is 9.96. The smallest absolute Gasteiger partial charge is 0.410 e. The number of nitrogens with one attached hydrogen (secondary N) is 2. The Morgan fingerprint density at radius 2 is 2.21 bits per heavy atom. The number of alkyl halides is 3. The molecule has 0 unspecified atom stereocenters. The number of fused-ring (bicyclic) bond motifs is 1. The average Bonchev–Trinajstić information content (AvgIpc) is 3.10. The minimum absolute atomic E-state index is 0.0715. The summed E-state index contributed by atoms with van der Waals surface area (Å²) in [4.78, 5) is 12.5. The van der Waals surface area contributed by atoms with E-state index in [0.29, 0.717) is 17.7 Å². The van der Waals surface area contributed by atoms with Gasteiger partial charge in [0.05, 0.1) is 19.3 Å². The van der Waals surface area contributed by atoms with Gasteiger partial charge in [-0.25, -0.2) is 4.68 Å². The number of rotatable bonds is 5. The van der Waals surface area contributed by atoms with Crippen LogP contribution in [0.15, 0.2) is 30.5 Å². The molecule has 1 aliphatic heterocycles. The molecular formula is C19H23F3N4O2. The van der Waals surface area contributed by atoms with Gasteiger partial charge in [-0.2, -0.15) is 18.3 Å². The van der Waals surface area contributed by atoms with Crippen molar-refractivity contribution in [2.24, 2.45) is 0 Å². The monoisotopic (exact) mass is 396 g/mol. The molecule has 0 radical (unpaired) electrons. The first-order valence-electron chi connectivity index (χ1n) is 9.10. The second-order valence-corrected chi connectivity index (χ2v) is 6.90. The Morgan fingerprint density at radius 1 is 1.46 bits per heavy atom. The molecule has 2 N–H and O–H groups in total. The highest BCUT2D eigenvalue weighted by Crippen LogP contribution is 2.44. The van der Waals surface area contributed by atoms with Crippen LogP contribution in [0.1, 0.15) is 54.7 Å². The molecule has 9 heteroatoms. The van der Waals surface area contributed by atoms with Crippen molar-refractivity contribution in [3.05, 3.63) is 41.6 Å². The Hall–Kier alpha value is -2.71. The molecule has 1 aromatic carbocycles. The first-order chi connectivity index (χ1) is 13.2. The van der Waals surface area contributed by atoms with Crippen molar-refractivity contribution in [1.82, 2.24) is 15.1 Å². The third kappa shape index (κ3) is 3.93. The van der Waals surface area contributed by atoms with Gasteiger partial charge in [0.1, 0.15) is 17.1 Å². The molecule has 1 aromatic heterocycles. The van der Waals surface area contributed by atoms with Gasteiger partial charge >= 0.3 is 6.18 Å². The highest BCUT2D eigenvalue weighted by Gasteiger charge is 2.47. The highest BCUT2D eigenvalue weighted by atomic mass is 19.4. The number of methoxy groups -OCH3 is 1. The molecule has 0 saturated carbocycles. The minimum atomic E-state index is -4.50. The zero-order chi connectivity index (χ0) is 20.5. The molecule has 0 bridgehead atoms. The Bertz CT molecular complexity index is 850. The van der Waals surface area contributed by atoms with E-state index < -0.39 is 24.2 Å². The minimum Gasteiger partial charge on any atom is -0.497 e. The standard InChI is InChI=1S/C19H23F3N4O2/c1-4-11(2)24-18(27)14-10-23-26-16(19(20,21)22)9-15(25-17(14)26)12-6-5-7-13(8-12)28-3/h5-8,10-11,15-16,25H,4,9H2,1-3H3,(H,24,27)/t11-,15+,16+/m0/s1. The van der Waals surface area contributed by atoms with Crippen LogP contribution in [0, 0.1) is 0 Å². The molecule has 6 nitrogen and oxygen atoms in total. The molecule has 3 atom stereocenters. The first kappa shape index (κ1) is 20.0. The zero-order valence-corrected chi connectivity index (χ0v) is 15.9. The Balaban J connectivity index is 1.99. The van der Waals surface area contributed by atoms with Crippen molar-refractivity contribution in [3.8, 4) is 5.75 Å². The van der Waals surface area contributed by atoms with E-state index in [2.05, 4.69) is 15.7 Å². The van der Waals surface area contributed by atoms with E-state index in [0.717, 1.165) is 4.68 Å². The summed E-state index contributed by atoms with van der Waals surface area (Å²) < 4.78 is 47.2. The summed E-state index contributed by atoms with van der Waals surface area (Å²) in [6.07, 6.45) is -2.84. The fourth-order valence-corrected chi connectivity index (χ4v) is 3.21. The van der Waals surface area contributed by atoms with E-state index in [4.69, 9.17) is 4.74 Å². The van der Waals surface area contributed by atoms with Crippen molar-refractivity contribution in [1.29, 1.82) is 0 Å². The maximum absolute atomic E-state index is 13.7. The van der Waals surface area contributed by atoms with Gasteiger partial charge in [0, 0.05) is 12.5 Å². The maximum atomic E-state index is 13.7. The number of halogens is 3. The molecular weight excluding hydrogens is 373 g/mol. The Morgan fingerprint density at radius 3 is 2.86 bits per heavy atom. The van der Waals surface area contributed by atoms with Crippen LogP contribution in [0.3, 0.4) is 0 Å². The van der Waals surface area contributed by atoms with Gasteiger partial charge in [-0.3, -0.25) is 4.79 Å². The number of amides is 1. The number of nitrogens with zero attached hydrogens (tertiary/aromatic N) is 2. The van der Waals surface area contributed by atoms with Gasteiger partial charge in [0.15, 0.2) is 6.04 Å². The topological polar surface area (TPSA) is 68.2 Å². The van der Waals surface area contributed by atoms with E-state index >= 15 is 0 Å². The van der Waals surface area contributed by atoms with Gasteiger partial charge in [-0.15, -0.1) is 0 Å². The second kappa shape index (κ2) is 7.73. The third-order valence-electron chi connectivity index (χ3n) is 4.97. The molecule has 2 heterocycles. The summed E-state index contributed by atoms with van der Waals surface area (Å²) in [5, 5.41) is 9.72. The quantitative estimate of drug-likeness (QED) is 0.799. The van der Waals surface area contributed by atoms with Crippen LogP contribution in [0.4, 0.5) is 19.0 Å². The number of ether oxygens (including phenoxy) is 1. The van der Waals surface area contributed by atoms with Gasteiger partial charge in [-0.1, -0.05) is 19.1 Å². The fourth-order valence-electron chi connectivity index (χ4n) is 3.21. The summed E-state index contributed by atoms with van der Waals surface area (Å²) in [7, 11) is 1.50. The molecule has 0 fully saturated rings.